The Morgan fingerprint density at radius 3 is 2.61 bits per heavy atom. The van der Waals surface area contributed by atoms with E-state index in [1.165, 1.54) is 0 Å². The minimum absolute atomic E-state index is 0.117. The van der Waals surface area contributed by atoms with Gasteiger partial charge in [-0.2, -0.15) is 0 Å². The summed E-state index contributed by atoms with van der Waals surface area (Å²) in [5, 5.41) is 9.47. The molecule has 0 bridgehead atoms. The number of carbonyl (C=O) groups is 1. The molecule has 0 aliphatic carbocycles. The first-order valence-electron chi connectivity index (χ1n) is 7.60. The van der Waals surface area contributed by atoms with Gasteiger partial charge in [-0.1, -0.05) is 5.16 Å². The van der Waals surface area contributed by atoms with E-state index in [-0.39, 0.29) is 12.1 Å². The molecule has 1 heterocycles. The Morgan fingerprint density at radius 2 is 2.04 bits per heavy atom. The summed E-state index contributed by atoms with van der Waals surface area (Å²) in [7, 11) is 0. The van der Waals surface area contributed by atoms with Crippen molar-refractivity contribution in [2.45, 2.75) is 47.3 Å². The van der Waals surface area contributed by atoms with Crippen LogP contribution in [0.3, 0.4) is 0 Å². The number of urea groups is 1. The Bertz CT molecular complexity index is 673. The van der Waals surface area contributed by atoms with Crippen molar-refractivity contribution in [1.82, 2.24) is 10.5 Å². The lowest BCUT2D eigenvalue weighted by molar-refractivity contribution is 0.240. The number of nitrogens with zero attached hydrogens (tertiary/aromatic N) is 1. The summed E-state index contributed by atoms with van der Waals surface area (Å²) >= 11 is 0. The SMILES string of the molecule is Cc1cc(NC(=O)NCc2c(C)noc2C)ccc1OC(C)C. The highest BCUT2D eigenvalue weighted by atomic mass is 16.5. The second kappa shape index (κ2) is 7.17. The molecule has 6 heteroatoms. The van der Waals surface area contributed by atoms with E-state index in [0.717, 1.165) is 28.3 Å². The third kappa shape index (κ3) is 4.48. The smallest absolute Gasteiger partial charge is 0.319 e. The Balaban J connectivity index is 1.94. The van der Waals surface area contributed by atoms with E-state index >= 15 is 0 Å². The summed E-state index contributed by atoms with van der Waals surface area (Å²) in [6.45, 7) is 9.96. The molecule has 0 saturated carbocycles. The van der Waals surface area contributed by atoms with Gasteiger partial charge in [0.2, 0.25) is 0 Å². The molecule has 0 unspecified atom stereocenters. The lowest BCUT2D eigenvalue weighted by Gasteiger charge is -2.14. The third-order valence-corrected chi connectivity index (χ3v) is 3.40. The van der Waals surface area contributed by atoms with E-state index in [1.54, 1.807) is 0 Å². The zero-order chi connectivity index (χ0) is 17.0. The van der Waals surface area contributed by atoms with Crippen LogP contribution in [0.1, 0.15) is 36.4 Å². The minimum atomic E-state index is -0.276. The van der Waals surface area contributed by atoms with Crippen LogP contribution >= 0.6 is 0 Å². The van der Waals surface area contributed by atoms with Gasteiger partial charge in [0, 0.05) is 17.8 Å². The Kier molecular flexibility index (Phi) is 5.26. The highest BCUT2D eigenvalue weighted by Gasteiger charge is 2.11. The van der Waals surface area contributed by atoms with Gasteiger partial charge in [0.25, 0.3) is 0 Å². The van der Waals surface area contributed by atoms with Gasteiger partial charge in [0.05, 0.1) is 11.8 Å². The molecule has 2 aromatic rings. The van der Waals surface area contributed by atoms with E-state index in [9.17, 15) is 4.79 Å². The summed E-state index contributed by atoms with van der Waals surface area (Å²) in [4.78, 5) is 12.0. The summed E-state index contributed by atoms with van der Waals surface area (Å²) in [6.07, 6.45) is 0.117. The molecule has 0 aliphatic heterocycles. The highest BCUT2D eigenvalue weighted by molar-refractivity contribution is 5.89. The molecule has 2 N–H and O–H groups in total. The summed E-state index contributed by atoms with van der Waals surface area (Å²) in [5.41, 5.74) is 3.38. The predicted molar refractivity (Wildman–Crippen MR) is 88.8 cm³/mol. The number of hydrogen-bond donors (Lipinski definition) is 2. The molecule has 6 nitrogen and oxygen atoms in total. The number of aromatic nitrogens is 1. The number of carbonyl (C=O) groups excluding carboxylic acids is 1. The Morgan fingerprint density at radius 1 is 1.30 bits per heavy atom. The molecule has 0 spiro atoms. The molecule has 0 fully saturated rings. The molecule has 1 aromatic heterocycles. The van der Waals surface area contributed by atoms with Crippen LogP contribution in [0.4, 0.5) is 10.5 Å². The Hall–Kier alpha value is -2.50. The molecule has 0 saturated heterocycles. The number of aryl methyl sites for hydroxylation is 3. The molecule has 124 valence electrons. The fraction of sp³-hybridized carbons (Fsp3) is 0.412. The van der Waals surface area contributed by atoms with E-state index < -0.39 is 0 Å². The van der Waals surface area contributed by atoms with Crippen molar-refractivity contribution in [1.29, 1.82) is 0 Å². The van der Waals surface area contributed by atoms with Crippen molar-refractivity contribution in [3.63, 3.8) is 0 Å². The molecule has 1 aromatic carbocycles. The second-order valence-corrected chi connectivity index (χ2v) is 5.76. The van der Waals surface area contributed by atoms with Crippen LogP contribution in [0.15, 0.2) is 22.7 Å². The van der Waals surface area contributed by atoms with Crippen molar-refractivity contribution in [3.05, 3.63) is 40.8 Å². The molecule has 23 heavy (non-hydrogen) atoms. The van der Waals surface area contributed by atoms with Crippen LogP contribution < -0.4 is 15.4 Å². The number of anilines is 1. The van der Waals surface area contributed by atoms with Gasteiger partial charge in [0.1, 0.15) is 11.5 Å². The van der Waals surface area contributed by atoms with Gasteiger partial charge in [-0.15, -0.1) is 0 Å². The van der Waals surface area contributed by atoms with Gasteiger partial charge in [-0.25, -0.2) is 4.79 Å². The highest BCUT2D eigenvalue weighted by Crippen LogP contribution is 2.23. The van der Waals surface area contributed by atoms with Gasteiger partial charge in [-0.05, 0) is 58.4 Å². The zero-order valence-electron chi connectivity index (χ0n) is 14.2. The van der Waals surface area contributed by atoms with E-state index in [4.69, 9.17) is 9.26 Å². The number of hydrogen-bond acceptors (Lipinski definition) is 4. The minimum Gasteiger partial charge on any atom is -0.491 e. The monoisotopic (exact) mass is 317 g/mol. The number of amides is 2. The first-order valence-corrected chi connectivity index (χ1v) is 7.60. The standard InChI is InChI=1S/C17H23N3O3/c1-10(2)22-16-7-6-14(8-11(16)3)19-17(21)18-9-15-12(4)20-23-13(15)5/h6-8,10H,9H2,1-5H3,(H2,18,19,21). The number of rotatable bonds is 5. The third-order valence-electron chi connectivity index (χ3n) is 3.40. The van der Waals surface area contributed by atoms with E-state index in [0.29, 0.717) is 12.3 Å². The van der Waals surface area contributed by atoms with Crippen LogP contribution in [0, 0.1) is 20.8 Å². The van der Waals surface area contributed by atoms with E-state index in [1.807, 2.05) is 52.8 Å². The molecule has 0 aliphatic rings. The average Bonchev–Trinajstić information content (AvgIpc) is 2.78. The zero-order valence-corrected chi connectivity index (χ0v) is 14.2. The van der Waals surface area contributed by atoms with Gasteiger partial charge in [-0.3, -0.25) is 0 Å². The average molecular weight is 317 g/mol. The maximum Gasteiger partial charge on any atom is 0.319 e. The van der Waals surface area contributed by atoms with Crippen molar-refractivity contribution in [2.24, 2.45) is 0 Å². The molecular weight excluding hydrogens is 294 g/mol. The summed E-state index contributed by atoms with van der Waals surface area (Å²) < 4.78 is 10.8. The largest absolute Gasteiger partial charge is 0.491 e. The number of benzene rings is 1. The maximum absolute atomic E-state index is 12.0. The summed E-state index contributed by atoms with van der Waals surface area (Å²) in [5.74, 6) is 1.54. The molecule has 0 atom stereocenters. The number of ether oxygens (including phenoxy) is 1. The molecule has 0 radical (unpaired) electrons. The van der Waals surface area contributed by atoms with Gasteiger partial charge in [0.15, 0.2) is 0 Å². The van der Waals surface area contributed by atoms with Gasteiger partial charge >= 0.3 is 6.03 Å². The van der Waals surface area contributed by atoms with Crippen molar-refractivity contribution >= 4 is 11.7 Å². The van der Waals surface area contributed by atoms with Crippen LogP contribution in [-0.4, -0.2) is 17.3 Å². The predicted octanol–water partition coefficient (Wildman–Crippen LogP) is 3.71. The van der Waals surface area contributed by atoms with Crippen LogP contribution in [0.5, 0.6) is 5.75 Å². The Labute approximate surface area is 136 Å². The van der Waals surface area contributed by atoms with Crippen LogP contribution in [-0.2, 0) is 6.54 Å². The first-order chi connectivity index (χ1) is 10.9. The second-order valence-electron chi connectivity index (χ2n) is 5.76. The molecule has 2 amide bonds. The molecule has 2 rings (SSSR count). The lowest BCUT2D eigenvalue weighted by atomic mass is 10.2. The summed E-state index contributed by atoms with van der Waals surface area (Å²) in [6, 6.07) is 5.29. The van der Waals surface area contributed by atoms with Crippen LogP contribution in [0.2, 0.25) is 0 Å². The fourth-order valence-electron chi connectivity index (χ4n) is 2.21. The first kappa shape index (κ1) is 16.9. The van der Waals surface area contributed by atoms with Crippen molar-refractivity contribution in [3.8, 4) is 5.75 Å². The van der Waals surface area contributed by atoms with Crippen LogP contribution in [0.25, 0.3) is 0 Å². The maximum atomic E-state index is 12.0. The molecular formula is C17H23N3O3. The normalized spacial score (nSPS) is 10.7. The fourth-order valence-corrected chi connectivity index (χ4v) is 2.21. The van der Waals surface area contributed by atoms with Gasteiger partial charge < -0.3 is 19.9 Å². The quantitative estimate of drug-likeness (QED) is 0.881. The van der Waals surface area contributed by atoms with E-state index in [2.05, 4.69) is 15.8 Å². The lowest BCUT2D eigenvalue weighted by Crippen LogP contribution is -2.28. The number of nitrogens with one attached hydrogen (secondary N) is 2. The van der Waals surface area contributed by atoms with Crippen molar-refractivity contribution < 1.29 is 14.1 Å². The van der Waals surface area contributed by atoms with Crippen molar-refractivity contribution in [2.75, 3.05) is 5.32 Å². The topological polar surface area (TPSA) is 76.4 Å².